The summed E-state index contributed by atoms with van der Waals surface area (Å²) in [5, 5.41) is 9.28. The van der Waals surface area contributed by atoms with Crippen LogP contribution in [0.5, 0.6) is 0 Å². The molecule has 2 aromatic heterocycles. The summed E-state index contributed by atoms with van der Waals surface area (Å²) >= 11 is 0. The van der Waals surface area contributed by atoms with E-state index in [-0.39, 0.29) is 0 Å². The van der Waals surface area contributed by atoms with Crippen LogP contribution in [0.1, 0.15) is 23.1 Å². The molecule has 9 aromatic rings. The van der Waals surface area contributed by atoms with Crippen LogP contribution in [0.25, 0.3) is 87.7 Å². The molecule has 0 spiro atoms. The maximum absolute atomic E-state index is 6.78. The summed E-state index contributed by atoms with van der Waals surface area (Å²) in [4.78, 5) is 0. The second-order valence-corrected chi connectivity index (χ2v) is 12.8. The van der Waals surface area contributed by atoms with Crippen molar-refractivity contribution >= 4 is 76.6 Å². The van der Waals surface area contributed by atoms with Gasteiger partial charge in [0.1, 0.15) is 22.3 Å². The van der Waals surface area contributed by atoms with E-state index in [1.54, 1.807) is 0 Å². The van der Waals surface area contributed by atoms with E-state index in [0.717, 1.165) is 83.7 Å². The summed E-state index contributed by atoms with van der Waals surface area (Å²) in [6.45, 7) is 4.38. The van der Waals surface area contributed by atoms with Crippen LogP contribution >= 0.6 is 0 Å². The van der Waals surface area contributed by atoms with Gasteiger partial charge in [-0.1, -0.05) is 146 Å². The molecule has 0 aliphatic heterocycles. The minimum Gasteiger partial charge on any atom is -0.455 e. The highest BCUT2D eigenvalue weighted by atomic mass is 16.3. The molecule has 1 aliphatic rings. The van der Waals surface area contributed by atoms with Crippen LogP contribution in [0.2, 0.25) is 0 Å². The van der Waals surface area contributed by atoms with Gasteiger partial charge in [-0.25, -0.2) is 0 Å². The lowest BCUT2D eigenvalue weighted by atomic mass is 9.89. The highest BCUT2D eigenvalue weighted by Gasteiger charge is 2.21. The largest absolute Gasteiger partial charge is 0.455 e. The van der Waals surface area contributed by atoms with Crippen molar-refractivity contribution in [3.63, 3.8) is 0 Å². The molecule has 2 nitrogen and oxygen atoms in total. The highest BCUT2D eigenvalue weighted by Crippen LogP contribution is 2.44. The molecule has 0 fully saturated rings. The Hall–Kier alpha value is -6.38. The van der Waals surface area contributed by atoms with Crippen molar-refractivity contribution in [3.8, 4) is 11.1 Å². The quantitative estimate of drug-likeness (QED) is 0.178. The minimum atomic E-state index is 0.810. The van der Waals surface area contributed by atoms with Crippen molar-refractivity contribution in [3.05, 3.63) is 181 Å². The van der Waals surface area contributed by atoms with E-state index in [2.05, 4.69) is 164 Å². The Balaban J connectivity index is 1.19. The highest BCUT2D eigenvalue weighted by molar-refractivity contribution is 6.20. The zero-order valence-corrected chi connectivity index (χ0v) is 26.7. The molecule has 2 heterocycles. The van der Waals surface area contributed by atoms with Crippen LogP contribution in [-0.2, 0) is 0 Å². The van der Waals surface area contributed by atoms with Crippen LogP contribution < -0.4 is 0 Å². The fourth-order valence-corrected chi connectivity index (χ4v) is 7.76. The molecule has 0 saturated carbocycles. The zero-order chi connectivity index (χ0) is 32.5. The number of fused-ring (bicyclic) bond motifs is 10. The lowest BCUT2D eigenvalue weighted by molar-refractivity contribution is 0.656. The summed E-state index contributed by atoms with van der Waals surface area (Å²) in [7, 11) is 0. The molecular weight excluding hydrogens is 597 g/mol. The van der Waals surface area contributed by atoms with Crippen LogP contribution in [0.3, 0.4) is 0 Å². The van der Waals surface area contributed by atoms with E-state index in [1.165, 1.54) is 27.1 Å². The molecular formula is C47H30O2. The van der Waals surface area contributed by atoms with E-state index in [9.17, 15) is 0 Å². The van der Waals surface area contributed by atoms with Gasteiger partial charge in [-0.3, -0.25) is 0 Å². The molecule has 2 heteroatoms. The van der Waals surface area contributed by atoms with E-state index >= 15 is 0 Å². The molecule has 1 aliphatic carbocycles. The lowest BCUT2D eigenvalue weighted by Crippen LogP contribution is -1.95. The van der Waals surface area contributed by atoms with Gasteiger partial charge in [0.05, 0.1) is 0 Å². The van der Waals surface area contributed by atoms with Gasteiger partial charge in [-0.15, -0.1) is 0 Å². The first-order valence-corrected chi connectivity index (χ1v) is 16.8. The zero-order valence-electron chi connectivity index (χ0n) is 26.7. The van der Waals surface area contributed by atoms with Crippen LogP contribution in [0.15, 0.2) is 173 Å². The average molecular weight is 627 g/mol. The van der Waals surface area contributed by atoms with Gasteiger partial charge < -0.3 is 8.83 Å². The Labute approximate surface area is 283 Å². The summed E-state index contributed by atoms with van der Waals surface area (Å²) in [5.41, 5.74) is 11.1. The Kier molecular flexibility index (Phi) is 6.13. The normalized spacial score (nSPS) is 16.0. The van der Waals surface area contributed by atoms with Crippen molar-refractivity contribution in [1.82, 2.24) is 0 Å². The summed E-state index contributed by atoms with van der Waals surface area (Å²) < 4.78 is 13.5. The fourth-order valence-electron chi connectivity index (χ4n) is 7.76. The Morgan fingerprint density at radius 3 is 1.86 bits per heavy atom. The Morgan fingerprint density at radius 2 is 1.06 bits per heavy atom. The molecule has 10 rings (SSSR count). The molecule has 0 atom stereocenters. The predicted molar refractivity (Wildman–Crippen MR) is 207 cm³/mol. The number of benzene rings is 7. The molecule has 0 bridgehead atoms. The number of para-hydroxylation sites is 2. The SMILES string of the molecule is C=C1/C=C\C=C/C/C=C(/c2cccc3c2oc2cc4oc5c(-c6cc7ccccc7c7ccccc67)cccc5c4cc23)c2ccccc21. The van der Waals surface area contributed by atoms with Gasteiger partial charge in [0.2, 0.25) is 0 Å². The van der Waals surface area contributed by atoms with Gasteiger partial charge in [-0.2, -0.15) is 0 Å². The summed E-state index contributed by atoms with van der Waals surface area (Å²) in [5.74, 6) is 0. The van der Waals surface area contributed by atoms with E-state index < -0.39 is 0 Å². The number of furan rings is 2. The smallest absolute Gasteiger partial charge is 0.143 e. The second-order valence-electron chi connectivity index (χ2n) is 12.8. The van der Waals surface area contributed by atoms with Gasteiger partial charge in [0.15, 0.2) is 0 Å². The number of rotatable bonds is 2. The Morgan fingerprint density at radius 1 is 0.449 bits per heavy atom. The molecule has 0 N–H and O–H groups in total. The van der Waals surface area contributed by atoms with Crippen LogP contribution in [-0.4, -0.2) is 0 Å². The number of hydrogen-bond acceptors (Lipinski definition) is 2. The fraction of sp³-hybridized carbons (Fsp3) is 0.0213. The Bertz CT molecular complexity index is 2920. The van der Waals surface area contributed by atoms with E-state index in [0.29, 0.717) is 0 Å². The maximum atomic E-state index is 6.78. The molecule has 0 amide bonds. The van der Waals surface area contributed by atoms with E-state index in [1.807, 2.05) is 0 Å². The van der Waals surface area contributed by atoms with Crippen LogP contribution in [0.4, 0.5) is 0 Å². The first-order valence-electron chi connectivity index (χ1n) is 16.8. The number of allylic oxidation sites excluding steroid dienone is 6. The third-order valence-electron chi connectivity index (χ3n) is 10.0. The van der Waals surface area contributed by atoms with Gasteiger partial charge >= 0.3 is 0 Å². The second kappa shape index (κ2) is 10.8. The van der Waals surface area contributed by atoms with Crippen molar-refractivity contribution in [2.75, 3.05) is 0 Å². The van der Waals surface area contributed by atoms with E-state index in [4.69, 9.17) is 8.83 Å². The van der Waals surface area contributed by atoms with Crippen molar-refractivity contribution < 1.29 is 8.83 Å². The first-order chi connectivity index (χ1) is 24.2. The average Bonchev–Trinajstić information content (AvgIpc) is 3.71. The van der Waals surface area contributed by atoms with Gasteiger partial charge in [-0.05, 0) is 67.9 Å². The summed E-state index contributed by atoms with van der Waals surface area (Å²) in [6, 6.07) is 45.4. The standard InChI is InChI=1S/C47H30O2/c1-29-14-4-2-3-5-18-35(33-19-9-8-16-31(29)33)37-22-12-24-39-42-27-43-40-25-13-23-38(47(40)49-45(43)28-44(42)48-46(37)39)41-26-30-15-6-7-17-32(30)34-20-10-11-21-36(34)41/h2-4,6-28H,1,5H2/b3-2-,14-4-,35-18+. The monoisotopic (exact) mass is 626 g/mol. The van der Waals surface area contributed by atoms with Crippen molar-refractivity contribution in [2.24, 2.45) is 0 Å². The maximum Gasteiger partial charge on any atom is 0.143 e. The minimum absolute atomic E-state index is 0.810. The molecule has 0 saturated heterocycles. The van der Waals surface area contributed by atoms with Crippen LogP contribution in [0, 0.1) is 0 Å². The topological polar surface area (TPSA) is 26.3 Å². The number of hydrogen-bond donors (Lipinski definition) is 0. The molecule has 0 radical (unpaired) electrons. The van der Waals surface area contributed by atoms with Gasteiger partial charge in [0.25, 0.3) is 0 Å². The molecule has 49 heavy (non-hydrogen) atoms. The predicted octanol–water partition coefficient (Wildman–Crippen LogP) is 13.4. The molecule has 0 unspecified atom stereocenters. The molecule has 230 valence electrons. The first kappa shape index (κ1) is 27.7. The third kappa shape index (κ3) is 4.28. The summed E-state index contributed by atoms with van der Waals surface area (Å²) in [6.07, 6.45) is 11.5. The van der Waals surface area contributed by atoms with Crippen molar-refractivity contribution in [2.45, 2.75) is 6.42 Å². The molecule has 7 aromatic carbocycles. The lowest BCUT2D eigenvalue weighted by Gasteiger charge is -2.15. The van der Waals surface area contributed by atoms with Crippen molar-refractivity contribution in [1.29, 1.82) is 0 Å². The third-order valence-corrected chi connectivity index (χ3v) is 10.0. The van der Waals surface area contributed by atoms with Gasteiger partial charge in [0, 0.05) is 38.7 Å².